The summed E-state index contributed by atoms with van der Waals surface area (Å²) >= 11 is 0. The first-order valence-electron chi connectivity index (χ1n) is 11.3. The molecular weight excluding hydrogens is 428 g/mol. The molecular formula is C25H31ClN2O4. The Kier molecular flexibility index (Phi) is 7.11. The van der Waals surface area contributed by atoms with Crippen LogP contribution in [0.3, 0.4) is 0 Å². The lowest BCUT2D eigenvalue weighted by molar-refractivity contribution is 0.0515. The molecule has 1 N–H and O–H groups in total. The summed E-state index contributed by atoms with van der Waals surface area (Å²) in [5.41, 5.74) is 0.754. The number of carbonyl (C=O) groups is 1. The van der Waals surface area contributed by atoms with Crippen LogP contribution >= 0.6 is 12.4 Å². The molecule has 2 saturated heterocycles. The quantitative estimate of drug-likeness (QED) is 0.710. The van der Waals surface area contributed by atoms with Crippen LogP contribution in [0.1, 0.15) is 36.0 Å². The molecule has 3 heterocycles. The van der Waals surface area contributed by atoms with E-state index in [0.29, 0.717) is 24.6 Å². The molecule has 0 aliphatic carbocycles. The third kappa shape index (κ3) is 4.66. The van der Waals surface area contributed by atoms with Crippen LogP contribution in [-0.4, -0.2) is 55.8 Å². The molecule has 0 aromatic heterocycles. The first-order chi connectivity index (χ1) is 15.2. The highest BCUT2D eigenvalue weighted by Gasteiger charge is 2.43. The van der Waals surface area contributed by atoms with Crippen LogP contribution in [0.2, 0.25) is 0 Å². The number of hydrogen-bond acceptors (Lipinski definition) is 5. The van der Waals surface area contributed by atoms with Crippen LogP contribution in [-0.2, 0) is 0 Å². The maximum atomic E-state index is 13.1. The summed E-state index contributed by atoms with van der Waals surface area (Å²) in [6, 6.07) is 16.0. The smallest absolute Gasteiger partial charge is 0.254 e. The number of rotatable bonds is 6. The van der Waals surface area contributed by atoms with Crippen LogP contribution in [0.4, 0.5) is 0 Å². The fraction of sp³-hybridized carbons (Fsp3) is 0.480. The summed E-state index contributed by atoms with van der Waals surface area (Å²) in [5.74, 6) is 3.18. The average Bonchev–Trinajstić information content (AvgIpc) is 3.08. The third-order valence-electron chi connectivity index (χ3n) is 6.77. The van der Waals surface area contributed by atoms with Crippen molar-refractivity contribution in [2.24, 2.45) is 5.92 Å². The van der Waals surface area contributed by atoms with Gasteiger partial charge in [-0.1, -0.05) is 12.1 Å². The van der Waals surface area contributed by atoms with Crippen molar-refractivity contribution in [2.75, 3.05) is 26.8 Å². The molecule has 5 rings (SSSR count). The Morgan fingerprint density at radius 2 is 1.72 bits per heavy atom. The van der Waals surface area contributed by atoms with Gasteiger partial charge in [0.25, 0.3) is 5.91 Å². The molecule has 0 saturated carbocycles. The first kappa shape index (κ1) is 22.7. The van der Waals surface area contributed by atoms with Crippen LogP contribution in [0.5, 0.6) is 17.2 Å². The number of benzene rings is 2. The van der Waals surface area contributed by atoms with Crippen molar-refractivity contribution in [1.29, 1.82) is 0 Å². The number of methoxy groups -OCH3 is 1. The maximum absolute atomic E-state index is 13.1. The molecule has 0 spiro atoms. The number of fused-ring (bicyclic) bond motifs is 3. The Bertz CT molecular complexity index is 908. The number of ether oxygens (including phenoxy) is 3. The van der Waals surface area contributed by atoms with Crippen molar-refractivity contribution in [3.8, 4) is 17.2 Å². The van der Waals surface area contributed by atoms with Crippen molar-refractivity contribution in [1.82, 2.24) is 10.2 Å². The maximum Gasteiger partial charge on any atom is 0.254 e. The van der Waals surface area contributed by atoms with E-state index in [-0.39, 0.29) is 24.4 Å². The third-order valence-corrected chi connectivity index (χ3v) is 6.77. The van der Waals surface area contributed by atoms with Gasteiger partial charge in [0.15, 0.2) is 11.5 Å². The lowest BCUT2D eigenvalue weighted by Gasteiger charge is -2.39. The van der Waals surface area contributed by atoms with E-state index in [4.69, 9.17) is 14.2 Å². The van der Waals surface area contributed by atoms with Crippen molar-refractivity contribution in [2.45, 2.75) is 43.9 Å². The number of nitrogens with one attached hydrogen (secondary N) is 1. The van der Waals surface area contributed by atoms with Gasteiger partial charge in [-0.25, -0.2) is 0 Å². The van der Waals surface area contributed by atoms with E-state index in [0.717, 1.165) is 61.6 Å². The normalized spacial score (nSPS) is 25.7. The molecule has 2 aromatic rings. The molecule has 2 unspecified atom stereocenters. The molecule has 7 heteroatoms. The highest BCUT2D eigenvalue weighted by atomic mass is 35.5. The summed E-state index contributed by atoms with van der Waals surface area (Å²) in [6.45, 7) is 2.30. The Hall–Kier alpha value is -2.44. The zero-order chi connectivity index (χ0) is 21.2. The fourth-order valence-corrected chi connectivity index (χ4v) is 5.28. The average molecular weight is 459 g/mol. The Labute approximate surface area is 195 Å². The van der Waals surface area contributed by atoms with Gasteiger partial charge in [0.05, 0.1) is 7.11 Å². The number of hydrogen-bond donors (Lipinski definition) is 1. The van der Waals surface area contributed by atoms with E-state index in [1.165, 1.54) is 0 Å². The molecule has 2 bridgehead atoms. The van der Waals surface area contributed by atoms with Crippen molar-refractivity contribution in [3.63, 3.8) is 0 Å². The SMILES string of the molecule is COc1ccc(C(=O)N2[C@@H]3CC[C@H]2CC(CNCC2COc4ccccc4O2)C3)cc1.Cl. The number of halogens is 1. The molecule has 4 atom stereocenters. The Morgan fingerprint density at radius 1 is 1.03 bits per heavy atom. The Morgan fingerprint density at radius 3 is 2.41 bits per heavy atom. The predicted molar refractivity (Wildman–Crippen MR) is 125 cm³/mol. The summed E-state index contributed by atoms with van der Waals surface area (Å²) < 4.78 is 17.1. The minimum atomic E-state index is 0. The molecule has 6 nitrogen and oxygen atoms in total. The summed E-state index contributed by atoms with van der Waals surface area (Å²) in [4.78, 5) is 15.3. The minimum Gasteiger partial charge on any atom is -0.497 e. The van der Waals surface area contributed by atoms with Gasteiger partial charge in [-0.2, -0.15) is 0 Å². The fourth-order valence-electron chi connectivity index (χ4n) is 5.28. The monoisotopic (exact) mass is 458 g/mol. The molecule has 3 aliphatic rings. The zero-order valence-corrected chi connectivity index (χ0v) is 19.2. The summed E-state index contributed by atoms with van der Waals surface area (Å²) in [7, 11) is 1.64. The van der Waals surface area contributed by atoms with Gasteiger partial charge < -0.3 is 24.4 Å². The van der Waals surface area contributed by atoms with Crippen LogP contribution < -0.4 is 19.5 Å². The summed E-state index contributed by atoms with van der Waals surface area (Å²) in [5, 5.41) is 3.59. The molecule has 3 aliphatic heterocycles. The molecule has 1 amide bonds. The van der Waals surface area contributed by atoms with Gasteiger partial charge in [-0.05, 0) is 74.5 Å². The standard InChI is InChI=1S/C25H30N2O4.ClH/c1-29-21-10-6-18(7-11-21)25(28)27-19-8-9-20(27)13-17(12-19)14-26-15-22-16-30-23-4-2-3-5-24(23)31-22;/h2-7,10-11,17,19-20,22,26H,8-9,12-16H2,1H3;1H/t17?,19-,20+,22?;. The zero-order valence-electron chi connectivity index (χ0n) is 18.4. The number of amides is 1. The number of carbonyl (C=O) groups excluding carboxylic acids is 1. The van der Waals surface area contributed by atoms with Crippen molar-refractivity contribution in [3.05, 3.63) is 54.1 Å². The minimum absolute atomic E-state index is 0. The molecule has 172 valence electrons. The van der Waals surface area contributed by atoms with Gasteiger partial charge in [-0.15, -0.1) is 12.4 Å². The van der Waals surface area contributed by atoms with Crippen molar-refractivity contribution >= 4 is 18.3 Å². The number of para-hydroxylation sites is 2. The second-order valence-electron chi connectivity index (χ2n) is 8.82. The Balaban J connectivity index is 0.00000245. The second kappa shape index (κ2) is 10.0. The van der Waals surface area contributed by atoms with E-state index < -0.39 is 0 Å². The van der Waals surface area contributed by atoms with Crippen molar-refractivity contribution < 1.29 is 19.0 Å². The number of piperidine rings is 1. The van der Waals surface area contributed by atoms with Gasteiger partial charge in [-0.3, -0.25) is 4.79 Å². The first-order valence-corrected chi connectivity index (χ1v) is 11.3. The van der Waals surface area contributed by atoms with Gasteiger partial charge >= 0.3 is 0 Å². The molecule has 32 heavy (non-hydrogen) atoms. The van der Waals surface area contributed by atoms with Gasteiger partial charge in [0, 0.05) is 24.2 Å². The summed E-state index contributed by atoms with van der Waals surface area (Å²) in [6.07, 6.45) is 4.38. The highest BCUT2D eigenvalue weighted by Crippen LogP contribution is 2.39. The van der Waals surface area contributed by atoms with E-state index in [2.05, 4.69) is 10.2 Å². The lowest BCUT2D eigenvalue weighted by atomic mass is 9.90. The number of nitrogens with zero attached hydrogens (tertiary/aromatic N) is 1. The predicted octanol–water partition coefficient (Wildman–Crippen LogP) is 3.93. The van der Waals surface area contributed by atoms with Crippen LogP contribution in [0.25, 0.3) is 0 Å². The van der Waals surface area contributed by atoms with E-state index in [1.54, 1.807) is 7.11 Å². The van der Waals surface area contributed by atoms with Crippen LogP contribution in [0, 0.1) is 5.92 Å². The van der Waals surface area contributed by atoms with E-state index in [9.17, 15) is 4.79 Å². The molecule has 2 aromatic carbocycles. The van der Waals surface area contributed by atoms with E-state index >= 15 is 0 Å². The van der Waals surface area contributed by atoms with Gasteiger partial charge in [0.1, 0.15) is 18.5 Å². The molecule has 2 fully saturated rings. The van der Waals surface area contributed by atoms with E-state index in [1.807, 2.05) is 48.5 Å². The largest absolute Gasteiger partial charge is 0.497 e. The lowest BCUT2D eigenvalue weighted by Crippen LogP contribution is -2.48. The highest BCUT2D eigenvalue weighted by molar-refractivity contribution is 5.95. The second-order valence-corrected chi connectivity index (χ2v) is 8.82. The van der Waals surface area contributed by atoms with Crippen LogP contribution in [0.15, 0.2) is 48.5 Å². The topological polar surface area (TPSA) is 60.0 Å². The molecule has 0 radical (unpaired) electrons. The van der Waals surface area contributed by atoms with Gasteiger partial charge in [0.2, 0.25) is 0 Å².